The summed E-state index contributed by atoms with van der Waals surface area (Å²) in [5.74, 6) is 0.641. The molecule has 1 saturated heterocycles. The number of nitrogen functional groups attached to an aromatic ring is 1. The van der Waals surface area contributed by atoms with Gasteiger partial charge in [-0.05, 0) is 37.5 Å². The lowest BCUT2D eigenvalue weighted by Crippen LogP contribution is -2.35. The van der Waals surface area contributed by atoms with Crippen molar-refractivity contribution in [3.8, 4) is 0 Å². The van der Waals surface area contributed by atoms with Gasteiger partial charge in [0.1, 0.15) is 0 Å². The molecule has 0 radical (unpaired) electrons. The van der Waals surface area contributed by atoms with E-state index in [1.807, 2.05) is 0 Å². The van der Waals surface area contributed by atoms with E-state index in [1.165, 1.54) is 6.20 Å². The van der Waals surface area contributed by atoms with Crippen LogP contribution in [0, 0.1) is 0 Å². The first-order valence-electron chi connectivity index (χ1n) is 5.01. The maximum atomic E-state index is 5.74. The predicted molar refractivity (Wildman–Crippen MR) is 61.0 cm³/mol. The fourth-order valence-electron chi connectivity index (χ4n) is 1.64. The maximum absolute atomic E-state index is 5.74. The van der Waals surface area contributed by atoms with Crippen LogP contribution in [0.25, 0.3) is 0 Å². The monoisotopic (exact) mass is 227 g/mol. The van der Waals surface area contributed by atoms with Crippen molar-refractivity contribution < 1.29 is 0 Å². The Bertz CT molecular complexity index is 337. The molecule has 0 atom stereocenters. The minimum atomic E-state index is 0.223. The highest BCUT2D eigenvalue weighted by Crippen LogP contribution is 2.18. The minimum absolute atomic E-state index is 0.223. The highest BCUT2D eigenvalue weighted by Gasteiger charge is 2.14. The third kappa shape index (κ3) is 2.70. The van der Waals surface area contributed by atoms with Crippen LogP contribution in [0.2, 0.25) is 5.28 Å². The molecule has 82 valence electrons. The summed E-state index contributed by atoms with van der Waals surface area (Å²) in [7, 11) is 0. The molecule has 2 heterocycles. The average Bonchev–Trinajstić information content (AvgIpc) is 2.25. The molecule has 15 heavy (non-hydrogen) atoms. The second kappa shape index (κ2) is 4.63. The molecule has 0 unspecified atom stereocenters. The van der Waals surface area contributed by atoms with Gasteiger partial charge in [-0.2, -0.15) is 4.98 Å². The Kier molecular flexibility index (Phi) is 3.23. The zero-order valence-corrected chi connectivity index (χ0v) is 9.09. The molecule has 0 saturated carbocycles. The second-order valence-electron chi connectivity index (χ2n) is 3.61. The number of nitrogens with zero attached hydrogens (tertiary/aromatic N) is 2. The molecule has 1 aromatic rings. The molecule has 1 aliphatic heterocycles. The van der Waals surface area contributed by atoms with Gasteiger partial charge >= 0.3 is 0 Å². The van der Waals surface area contributed by atoms with Crippen molar-refractivity contribution in [2.24, 2.45) is 0 Å². The van der Waals surface area contributed by atoms with Gasteiger partial charge in [0.25, 0.3) is 0 Å². The molecular weight excluding hydrogens is 214 g/mol. The van der Waals surface area contributed by atoms with Crippen molar-refractivity contribution in [1.29, 1.82) is 0 Å². The number of aromatic nitrogens is 2. The van der Waals surface area contributed by atoms with Gasteiger partial charge in [0.05, 0.1) is 11.9 Å². The molecule has 0 amide bonds. The van der Waals surface area contributed by atoms with Crippen LogP contribution >= 0.6 is 11.6 Å². The normalized spacial score (nSPS) is 17.7. The number of nitrogens with one attached hydrogen (secondary N) is 2. The molecule has 4 N–H and O–H groups in total. The van der Waals surface area contributed by atoms with Crippen molar-refractivity contribution in [2.45, 2.75) is 18.9 Å². The molecule has 0 spiro atoms. The third-order valence-electron chi connectivity index (χ3n) is 2.47. The van der Waals surface area contributed by atoms with Crippen molar-refractivity contribution in [1.82, 2.24) is 15.3 Å². The fraction of sp³-hybridized carbons (Fsp3) is 0.556. The van der Waals surface area contributed by atoms with Gasteiger partial charge in [0, 0.05) is 6.04 Å². The van der Waals surface area contributed by atoms with E-state index >= 15 is 0 Å². The van der Waals surface area contributed by atoms with Gasteiger partial charge in [-0.1, -0.05) is 0 Å². The summed E-state index contributed by atoms with van der Waals surface area (Å²) in [6, 6.07) is 0.416. The summed E-state index contributed by atoms with van der Waals surface area (Å²) >= 11 is 5.70. The summed E-state index contributed by atoms with van der Waals surface area (Å²) in [6.45, 7) is 2.05. The lowest BCUT2D eigenvalue weighted by atomic mass is 10.1. The molecule has 1 aromatic heterocycles. The Labute approximate surface area is 93.4 Å². The topological polar surface area (TPSA) is 75.9 Å². The maximum Gasteiger partial charge on any atom is 0.224 e. The van der Waals surface area contributed by atoms with Crippen molar-refractivity contribution in [3.63, 3.8) is 0 Å². The van der Waals surface area contributed by atoms with Crippen LogP contribution in [-0.4, -0.2) is 29.1 Å². The first-order valence-corrected chi connectivity index (χ1v) is 5.39. The smallest absolute Gasteiger partial charge is 0.224 e. The Hall–Kier alpha value is -1.07. The van der Waals surface area contributed by atoms with Gasteiger partial charge in [-0.3, -0.25) is 0 Å². The first-order chi connectivity index (χ1) is 7.25. The fourth-order valence-corrected chi connectivity index (χ4v) is 1.78. The van der Waals surface area contributed by atoms with Gasteiger partial charge in [-0.25, -0.2) is 4.98 Å². The van der Waals surface area contributed by atoms with Gasteiger partial charge in [0.2, 0.25) is 5.28 Å². The van der Waals surface area contributed by atoms with E-state index in [9.17, 15) is 0 Å². The van der Waals surface area contributed by atoms with Crippen LogP contribution in [0.3, 0.4) is 0 Å². The standard InChI is InChI=1S/C9H14ClN5/c10-9-13-5-7(11)8(15-9)14-6-1-3-12-4-2-6/h5-6,12H,1-4,11H2,(H,13,14,15). The molecule has 2 rings (SSSR count). The van der Waals surface area contributed by atoms with Crippen molar-refractivity contribution >= 4 is 23.1 Å². The van der Waals surface area contributed by atoms with E-state index < -0.39 is 0 Å². The molecule has 0 bridgehead atoms. The highest BCUT2D eigenvalue weighted by molar-refractivity contribution is 6.28. The first kappa shape index (κ1) is 10.4. The Morgan fingerprint density at radius 1 is 1.47 bits per heavy atom. The Balaban J connectivity index is 2.05. The quantitative estimate of drug-likeness (QED) is 0.654. The lowest BCUT2D eigenvalue weighted by Gasteiger charge is -2.24. The van der Waals surface area contributed by atoms with E-state index in [4.69, 9.17) is 17.3 Å². The van der Waals surface area contributed by atoms with Crippen LogP contribution in [0.4, 0.5) is 11.5 Å². The Morgan fingerprint density at radius 3 is 2.93 bits per heavy atom. The van der Waals surface area contributed by atoms with Crippen LogP contribution in [0.15, 0.2) is 6.20 Å². The van der Waals surface area contributed by atoms with Crippen LogP contribution < -0.4 is 16.4 Å². The van der Waals surface area contributed by atoms with E-state index in [-0.39, 0.29) is 5.28 Å². The Morgan fingerprint density at radius 2 is 2.20 bits per heavy atom. The van der Waals surface area contributed by atoms with Gasteiger partial charge in [-0.15, -0.1) is 0 Å². The number of hydrogen-bond acceptors (Lipinski definition) is 5. The van der Waals surface area contributed by atoms with E-state index in [2.05, 4.69) is 20.6 Å². The van der Waals surface area contributed by atoms with Gasteiger partial charge < -0.3 is 16.4 Å². The number of nitrogens with two attached hydrogens (primary N) is 1. The molecular formula is C9H14ClN5. The molecule has 0 aromatic carbocycles. The predicted octanol–water partition coefficient (Wildman–Crippen LogP) is 0.876. The second-order valence-corrected chi connectivity index (χ2v) is 3.95. The summed E-state index contributed by atoms with van der Waals surface area (Å²) in [6.07, 6.45) is 3.67. The lowest BCUT2D eigenvalue weighted by molar-refractivity contribution is 0.478. The molecule has 5 nitrogen and oxygen atoms in total. The highest BCUT2D eigenvalue weighted by atomic mass is 35.5. The number of piperidine rings is 1. The van der Waals surface area contributed by atoms with Crippen LogP contribution in [0.5, 0.6) is 0 Å². The number of halogens is 1. The van der Waals surface area contributed by atoms with E-state index in [0.29, 0.717) is 17.5 Å². The third-order valence-corrected chi connectivity index (χ3v) is 2.65. The summed E-state index contributed by atoms with van der Waals surface area (Å²) < 4.78 is 0. The summed E-state index contributed by atoms with van der Waals surface area (Å²) in [5, 5.41) is 6.81. The zero-order valence-electron chi connectivity index (χ0n) is 8.33. The minimum Gasteiger partial charge on any atom is -0.394 e. The largest absolute Gasteiger partial charge is 0.394 e. The number of hydrogen-bond donors (Lipinski definition) is 3. The van der Waals surface area contributed by atoms with Crippen LogP contribution in [-0.2, 0) is 0 Å². The molecule has 6 heteroatoms. The van der Waals surface area contributed by atoms with Crippen molar-refractivity contribution in [2.75, 3.05) is 24.1 Å². The average molecular weight is 228 g/mol. The SMILES string of the molecule is Nc1cnc(Cl)nc1NC1CCNCC1. The number of rotatable bonds is 2. The molecule has 1 fully saturated rings. The van der Waals surface area contributed by atoms with E-state index in [0.717, 1.165) is 25.9 Å². The van der Waals surface area contributed by atoms with E-state index in [1.54, 1.807) is 0 Å². The van der Waals surface area contributed by atoms with Crippen LogP contribution in [0.1, 0.15) is 12.8 Å². The van der Waals surface area contributed by atoms with Gasteiger partial charge in [0.15, 0.2) is 5.82 Å². The summed E-state index contributed by atoms with van der Waals surface area (Å²) in [4.78, 5) is 7.87. The molecule has 1 aliphatic rings. The zero-order chi connectivity index (χ0) is 10.7. The molecule has 0 aliphatic carbocycles. The number of anilines is 2. The van der Waals surface area contributed by atoms with Crippen molar-refractivity contribution in [3.05, 3.63) is 11.5 Å². The summed E-state index contributed by atoms with van der Waals surface area (Å²) in [5.41, 5.74) is 6.28.